The summed E-state index contributed by atoms with van der Waals surface area (Å²) in [5, 5.41) is 0. The Morgan fingerprint density at radius 3 is 2.78 bits per heavy atom. The van der Waals surface area contributed by atoms with Crippen LogP contribution < -0.4 is 10.6 Å². The maximum absolute atomic E-state index is 5.51. The minimum atomic E-state index is 0.293. The molecule has 18 heavy (non-hydrogen) atoms. The minimum absolute atomic E-state index is 0.293. The Balaban J connectivity index is 2.09. The molecular weight excluding hydrogens is 264 g/mol. The molecule has 2 N–H and O–H groups in total. The highest BCUT2D eigenvalue weighted by molar-refractivity contribution is 8.00. The van der Waals surface area contributed by atoms with Crippen LogP contribution in [-0.2, 0) is 0 Å². The van der Waals surface area contributed by atoms with Gasteiger partial charge in [0.25, 0.3) is 0 Å². The fourth-order valence-electron chi connectivity index (χ4n) is 1.86. The second-order valence-corrected chi connectivity index (χ2v) is 7.21. The van der Waals surface area contributed by atoms with Gasteiger partial charge in [0, 0.05) is 23.6 Å². The Morgan fingerprint density at radius 1 is 1.39 bits per heavy atom. The number of thioether (sulfide) groups is 1. The lowest BCUT2D eigenvalue weighted by atomic mass is 10.1. The number of anilines is 1. The van der Waals surface area contributed by atoms with Crippen LogP contribution in [0.25, 0.3) is 0 Å². The van der Waals surface area contributed by atoms with Gasteiger partial charge in [0.1, 0.15) is 16.5 Å². The van der Waals surface area contributed by atoms with E-state index in [1.165, 1.54) is 0 Å². The summed E-state index contributed by atoms with van der Waals surface area (Å²) in [6.45, 7) is 6.61. The normalized spacial score (nSPS) is 19.3. The maximum Gasteiger partial charge on any atom is 0.147 e. The Bertz CT molecular complexity index is 430. The minimum Gasteiger partial charge on any atom is -0.388 e. The topological polar surface area (TPSA) is 55.0 Å². The molecule has 0 atom stereocenters. The van der Waals surface area contributed by atoms with Gasteiger partial charge in [0.05, 0.1) is 12.4 Å². The first-order valence-corrected chi connectivity index (χ1v) is 7.38. The van der Waals surface area contributed by atoms with Crippen molar-refractivity contribution in [1.29, 1.82) is 0 Å². The van der Waals surface area contributed by atoms with Gasteiger partial charge in [-0.25, -0.2) is 9.97 Å². The monoisotopic (exact) mass is 282 g/mol. The molecule has 0 aromatic carbocycles. The highest BCUT2D eigenvalue weighted by atomic mass is 32.2. The maximum atomic E-state index is 5.51. The van der Waals surface area contributed by atoms with Gasteiger partial charge in [-0.2, -0.15) is 11.8 Å². The molecule has 6 heteroatoms. The van der Waals surface area contributed by atoms with Gasteiger partial charge in [0.15, 0.2) is 0 Å². The van der Waals surface area contributed by atoms with Crippen LogP contribution in [0.15, 0.2) is 12.4 Å². The van der Waals surface area contributed by atoms with Gasteiger partial charge in [-0.15, -0.1) is 0 Å². The molecule has 0 aliphatic carbocycles. The van der Waals surface area contributed by atoms with E-state index in [1.54, 1.807) is 12.4 Å². The molecule has 0 amide bonds. The molecule has 0 radical (unpaired) electrons. The lowest BCUT2D eigenvalue weighted by molar-refractivity contribution is 0.634. The Morgan fingerprint density at radius 2 is 2.17 bits per heavy atom. The number of aromatic nitrogens is 2. The van der Waals surface area contributed by atoms with Crippen LogP contribution in [0.4, 0.5) is 5.82 Å². The van der Waals surface area contributed by atoms with E-state index in [1.807, 2.05) is 11.8 Å². The second-order valence-electron chi connectivity index (χ2n) is 4.97. The molecule has 0 unspecified atom stereocenters. The molecule has 0 bridgehead atoms. The number of rotatable bonds is 2. The van der Waals surface area contributed by atoms with Crippen molar-refractivity contribution in [1.82, 2.24) is 9.97 Å². The second kappa shape index (κ2) is 5.40. The molecule has 4 nitrogen and oxygen atoms in total. The zero-order valence-corrected chi connectivity index (χ0v) is 12.4. The standard InChI is InChI=1S/C12H18N4S2/c1-12(2)3-4-16(5-6-18-12)10-8-14-9(7-15-10)11(13)17/h7-8H,3-6H2,1-2H3,(H2,13,17). The van der Waals surface area contributed by atoms with Gasteiger partial charge in [-0.05, 0) is 6.42 Å². The van der Waals surface area contributed by atoms with Crippen molar-refractivity contribution in [2.24, 2.45) is 5.73 Å². The highest BCUT2D eigenvalue weighted by Crippen LogP contribution is 2.31. The molecule has 1 aromatic rings. The van der Waals surface area contributed by atoms with Crippen LogP contribution in [0.1, 0.15) is 26.0 Å². The molecular formula is C12H18N4S2. The third-order valence-electron chi connectivity index (χ3n) is 3.05. The number of nitrogens with two attached hydrogens (primary N) is 1. The average molecular weight is 282 g/mol. The summed E-state index contributed by atoms with van der Waals surface area (Å²) in [6, 6.07) is 0. The molecule has 1 aliphatic heterocycles. The van der Waals surface area contributed by atoms with Gasteiger partial charge in [-0.3, -0.25) is 0 Å². The molecule has 1 aliphatic rings. The van der Waals surface area contributed by atoms with Crippen molar-refractivity contribution in [2.75, 3.05) is 23.7 Å². The molecule has 2 heterocycles. The van der Waals surface area contributed by atoms with Gasteiger partial charge >= 0.3 is 0 Å². The lowest BCUT2D eigenvalue weighted by Crippen LogP contribution is -2.28. The van der Waals surface area contributed by atoms with Crippen molar-refractivity contribution in [2.45, 2.75) is 25.0 Å². The summed E-state index contributed by atoms with van der Waals surface area (Å²) in [5.41, 5.74) is 6.10. The fourth-order valence-corrected chi connectivity index (χ4v) is 3.07. The van der Waals surface area contributed by atoms with Crippen molar-refractivity contribution < 1.29 is 0 Å². The molecule has 1 aromatic heterocycles. The first-order chi connectivity index (χ1) is 8.48. The van der Waals surface area contributed by atoms with E-state index in [9.17, 15) is 0 Å². The highest BCUT2D eigenvalue weighted by Gasteiger charge is 2.24. The fraction of sp³-hybridized carbons (Fsp3) is 0.583. The van der Waals surface area contributed by atoms with E-state index >= 15 is 0 Å². The molecule has 1 saturated heterocycles. The predicted molar refractivity (Wildman–Crippen MR) is 81.3 cm³/mol. The van der Waals surface area contributed by atoms with Gasteiger partial charge < -0.3 is 10.6 Å². The van der Waals surface area contributed by atoms with Crippen LogP contribution in [0.5, 0.6) is 0 Å². The van der Waals surface area contributed by atoms with E-state index in [0.29, 0.717) is 15.4 Å². The molecule has 1 fully saturated rings. The molecule has 98 valence electrons. The number of hydrogen-bond donors (Lipinski definition) is 1. The van der Waals surface area contributed by atoms with E-state index < -0.39 is 0 Å². The van der Waals surface area contributed by atoms with E-state index in [0.717, 1.165) is 31.1 Å². The van der Waals surface area contributed by atoms with E-state index in [-0.39, 0.29) is 0 Å². The summed E-state index contributed by atoms with van der Waals surface area (Å²) in [6.07, 6.45) is 4.56. The summed E-state index contributed by atoms with van der Waals surface area (Å²) >= 11 is 6.89. The summed E-state index contributed by atoms with van der Waals surface area (Å²) in [7, 11) is 0. The zero-order chi connectivity index (χ0) is 13.2. The van der Waals surface area contributed by atoms with Crippen molar-refractivity contribution in [3.63, 3.8) is 0 Å². The Labute approximate surface area is 117 Å². The smallest absolute Gasteiger partial charge is 0.147 e. The molecule has 0 spiro atoms. The van der Waals surface area contributed by atoms with Crippen LogP contribution in [0.2, 0.25) is 0 Å². The van der Waals surface area contributed by atoms with Crippen molar-refractivity contribution in [3.05, 3.63) is 18.1 Å². The summed E-state index contributed by atoms with van der Waals surface area (Å²) < 4.78 is 0.348. The van der Waals surface area contributed by atoms with Crippen LogP contribution in [0, 0.1) is 0 Å². The predicted octanol–water partition coefficient (Wildman–Crippen LogP) is 1.83. The number of thiocarbonyl (C=S) groups is 1. The van der Waals surface area contributed by atoms with Crippen LogP contribution in [-0.4, -0.2) is 38.5 Å². The number of nitrogens with zero attached hydrogens (tertiary/aromatic N) is 3. The van der Waals surface area contributed by atoms with Gasteiger partial charge in [0.2, 0.25) is 0 Å². The Hall–Kier alpha value is -0.880. The van der Waals surface area contributed by atoms with E-state index in [4.69, 9.17) is 18.0 Å². The van der Waals surface area contributed by atoms with Crippen LogP contribution >= 0.6 is 24.0 Å². The SMILES string of the molecule is CC1(C)CCN(c2cnc(C(N)=S)cn2)CCS1. The van der Waals surface area contributed by atoms with E-state index in [2.05, 4.69) is 28.7 Å². The summed E-state index contributed by atoms with van der Waals surface area (Å²) in [5.74, 6) is 2.03. The molecule has 0 saturated carbocycles. The van der Waals surface area contributed by atoms with Crippen molar-refractivity contribution in [3.8, 4) is 0 Å². The average Bonchev–Trinajstić information content (AvgIpc) is 2.50. The van der Waals surface area contributed by atoms with Crippen molar-refractivity contribution >= 4 is 34.8 Å². The van der Waals surface area contributed by atoms with Gasteiger partial charge in [-0.1, -0.05) is 26.1 Å². The van der Waals surface area contributed by atoms with Crippen LogP contribution in [0.3, 0.4) is 0 Å². The Kier molecular flexibility index (Phi) is 4.07. The first-order valence-electron chi connectivity index (χ1n) is 5.99. The quantitative estimate of drug-likeness (QED) is 0.835. The zero-order valence-electron chi connectivity index (χ0n) is 10.7. The number of hydrogen-bond acceptors (Lipinski definition) is 5. The third-order valence-corrected chi connectivity index (χ3v) is 4.63. The summed E-state index contributed by atoms with van der Waals surface area (Å²) in [4.78, 5) is 11.2. The largest absolute Gasteiger partial charge is 0.388 e. The first kappa shape index (κ1) is 13.5. The lowest BCUT2D eigenvalue weighted by Gasteiger charge is -2.23. The third kappa shape index (κ3) is 3.32. The molecule has 2 rings (SSSR count).